The van der Waals surface area contributed by atoms with Crippen molar-refractivity contribution in [3.05, 3.63) is 22.7 Å². The lowest BCUT2D eigenvalue weighted by molar-refractivity contribution is 0.193. The summed E-state index contributed by atoms with van der Waals surface area (Å²) in [5.74, 6) is 0.813. The minimum atomic E-state index is -0.136. The second kappa shape index (κ2) is 4.61. The second-order valence-electron chi connectivity index (χ2n) is 4.41. The molecule has 0 radical (unpaired) electrons. The first-order chi connectivity index (χ1) is 9.13. The summed E-state index contributed by atoms with van der Waals surface area (Å²) in [6, 6.07) is -0.136. The highest BCUT2D eigenvalue weighted by Gasteiger charge is 2.22. The van der Waals surface area contributed by atoms with Gasteiger partial charge in [-0.15, -0.1) is 11.3 Å². The van der Waals surface area contributed by atoms with Crippen molar-refractivity contribution in [1.82, 2.24) is 24.6 Å². The van der Waals surface area contributed by atoms with Crippen molar-refractivity contribution in [2.75, 3.05) is 11.9 Å². The van der Waals surface area contributed by atoms with Crippen molar-refractivity contribution in [2.45, 2.75) is 26.9 Å². The molecule has 2 aromatic rings. The number of hydrogen-bond donors (Lipinski definition) is 1. The summed E-state index contributed by atoms with van der Waals surface area (Å²) in [7, 11) is 0. The minimum absolute atomic E-state index is 0.136. The molecule has 0 unspecified atom stereocenters. The zero-order chi connectivity index (χ0) is 13.4. The van der Waals surface area contributed by atoms with Crippen LogP contribution in [0.1, 0.15) is 16.4 Å². The molecule has 0 aliphatic carbocycles. The molecule has 1 aliphatic rings. The number of rotatable bonds is 1. The highest BCUT2D eigenvalue weighted by Crippen LogP contribution is 2.21. The number of nitrogens with zero attached hydrogens (tertiary/aromatic N) is 5. The molecule has 0 spiro atoms. The summed E-state index contributed by atoms with van der Waals surface area (Å²) in [6.07, 6.45) is 1.52. The van der Waals surface area contributed by atoms with E-state index in [0.717, 1.165) is 16.4 Å². The third-order valence-electron chi connectivity index (χ3n) is 3.14. The molecular weight excluding hydrogens is 264 g/mol. The van der Waals surface area contributed by atoms with Crippen LogP contribution in [-0.2, 0) is 13.1 Å². The molecule has 2 amide bonds. The van der Waals surface area contributed by atoms with Gasteiger partial charge < -0.3 is 4.90 Å². The molecule has 0 aromatic carbocycles. The molecule has 1 aliphatic heterocycles. The van der Waals surface area contributed by atoms with Gasteiger partial charge in [-0.3, -0.25) is 5.32 Å². The summed E-state index contributed by atoms with van der Waals surface area (Å²) in [5, 5.41) is 7.57. The molecular formula is C11H14N6OS. The first-order valence-corrected chi connectivity index (χ1v) is 6.82. The smallest absolute Gasteiger partial charge is 0.315 e. The van der Waals surface area contributed by atoms with E-state index in [2.05, 4.69) is 20.4 Å². The van der Waals surface area contributed by atoms with Gasteiger partial charge in [0.2, 0.25) is 0 Å². The number of amides is 2. The van der Waals surface area contributed by atoms with E-state index in [1.165, 1.54) is 17.7 Å². The Hall–Kier alpha value is -1.96. The minimum Gasteiger partial charge on any atom is -0.315 e. The van der Waals surface area contributed by atoms with Gasteiger partial charge in [0.15, 0.2) is 5.13 Å². The lowest BCUT2D eigenvalue weighted by atomic mass is 10.4. The third kappa shape index (κ3) is 2.30. The number of fused-ring (bicyclic) bond motifs is 1. The summed E-state index contributed by atoms with van der Waals surface area (Å²) >= 11 is 1.49. The van der Waals surface area contributed by atoms with Crippen LogP contribution >= 0.6 is 11.3 Å². The molecule has 0 bridgehead atoms. The summed E-state index contributed by atoms with van der Waals surface area (Å²) in [4.78, 5) is 23.4. The predicted octanol–water partition coefficient (Wildman–Crippen LogP) is 1.40. The SMILES string of the molecule is Cc1nc(NC(=O)N2CCn3ncnc3C2)sc1C. The van der Waals surface area contributed by atoms with E-state index in [9.17, 15) is 4.79 Å². The van der Waals surface area contributed by atoms with E-state index in [-0.39, 0.29) is 6.03 Å². The van der Waals surface area contributed by atoms with Gasteiger partial charge in [0.25, 0.3) is 0 Å². The van der Waals surface area contributed by atoms with E-state index >= 15 is 0 Å². The number of aryl methyl sites for hydroxylation is 2. The average Bonchev–Trinajstić information content (AvgIpc) is 2.96. The molecule has 2 aromatic heterocycles. The Morgan fingerprint density at radius 2 is 2.26 bits per heavy atom. The topological polar surface area (TPSA) is 75.9 Å². The first kappa shape index (κ1) is 12.1. The molecule has 19 heavy (non-hydrogen) atoms. The van der Waals surface area contributed by atoms with Crippen molar-refractivity contribution in [1.29, 1.82) is 0 Å². The number of hydrogen-bond acceptors (Lipinski definition) is 5. The van der Waals surface area contributed by atoms with Gasteiger partial charge in [0.05, 0.1) is 18.8 Å². The second-order valence-corrected chi connectivity index (χ2v) is 5.61. The fourth-order valence-electron chi connectivity index (χ4n) is 1.93. The molecule has 0 atom stereocenters. The number of anilines is 1. The van der Waals surface area contributed by atoms with Crippen molar-refractivity contribution in [3.8, 4) is 0 Å². The normalized spacial score (nSPS) is 14.3. The molecule has 0 saturated carbocycles. The van der Waals surface area contributed by atoms with E-state index in [0.29, 0.717) is 24.8 Å². The fourth-order valence-corrected chi connectivity index (χ4v) is 2.74. The van der Waals surface area contributed by atoms with Crippen molar-refractivity contribution in [3.63, 3.8) is 0 Å². The maximum absolute atomic E-state index is 12.1. The first-order valence-electron chi connectivity index (χ1n) is 6.00. The van der Waals surface area contributed by atoms with Gasteiger partial charge >= 0.3 is 6.03 Å². The maximum atomic E-state index is 12.1. The van der Waals surface area contributed by atoms with Gasteiger partial charge in [0.1, 0.15) is 12.2 Å². The molecule has 1 N–H and O–H groups in total. The number of carbonyl (C=O) groups excluding carboxylic acids is 1. The van der Waals surface area contributed by atoms with Crippen LogP contribution in [0.15, 0.2) is 6.33 Å². The van der Waals surface area contributed by atoms with Crippen LogP contribution in [-0.4, -0.2) is 37.2 Å². The van der Waals surface area contributed by atoms with Crippen molar-refractivity contribution in [2.24, 2.45) is 0 Å². The van der Waals surface area contributed by atoms with Crippen molar-refractivity contribution < 1.29 is 4.79 Å². The maximum Gasteiger partial charge on any atom is 0.324 e. The lowest BCUT2D eigenvalue weighted by Gasteiger charge is -2.26. The van der Waals surface area contributed by atoms with Crippen LogP contribution in [0.25, 0.3) is 0 Å². The molecule has 0 saturated heterocycles. The summed E-state index contributed by atoms with van der Waals surface area (Å²) in [5.41, 5.74) is 0.957. The van der Waals surface area contributed by atoms with Gasteiger partial charge in [-0.25, -0.2) is 19.4 Å². The molecule has 3 rings (SSSR count). The van der Waals surface area contributed by atoms with Gasteiger partial charge in [-0.05, 0) is 13.8 Å². The molecule has 0 fully saturated rings. The Bertz CT molecular complexity index is 599. The fraction of sp³-hybridized carbons (Fsp3) is 0.455. The molecule has 8 heteroatoms. The largest absolute Gasteiger partial charge is 0.324 e. The molecule has 7 nitrogen and oxygen atoms in total. The van der Waals surface area contributed by atoms with Crippen LogP contribution < -0.4 is 5.32 Å². The molecule has 100 valence electrons. The third-order valence-corrected chi connectivity index (χ3v) is 4.13. The van der Waals surface area contributed by atoms with E-state index in [1.807, 2.05) is 18.5 Å². The highest BCUT2D eigenvalue weighted by atomic mass is 32.1. The average molecular weight is 278 g/mol. The van der Waals surface area contributed by atoms with E-state index in [1.54, 1.807) is 4.90 Å². The monoisotopic (exact) mass is 278 g/mol. The van der Waals surface area contributed by atoms with Crippen LogP contribution in [0.2, 0.25) is 0 Å². The Labute approximate surface area is 114 Å². The Kier molecular flexibility index (Phi) is 2.94. The van der Waals surface area contributed by atoms with Crippen LogP contribution in [0.4, 0.5) is 9.93 Å². The predicted molar refractivity (Wildman–Crippen MR) is 71.0 cm³/mol. The number of thiazole rings is 1. The van der Waals surface area contributed by atoms with Gasteiger partial charge in [-0.1, -0.05) is 0 Å². The van der Waals surface area contributed by atoms with E-state index < -0.39 is 0 Å². The highest BCUT2D eigenvalue weighted by molar-refractivity contribution is 7.15. The lowest BCUT2D eigenvalue weighted by Crippen LogP contribution is -2.41. The summed E-state index contributed by atoms with van der Waals surface area (Å²) in [6.45, 7) is 5.72. The van der Waals surface area contributed by atoms with Crippen LogP contribution in [0.5, 0.6) is 0 Å². The van der Waals surface area contributed by atoms with Gasteiger partial charge in [0, 0.05) is 11.4 Å². The van der Waals surface area contributed by atoms with E-state index in [4.69, 9.17) is 0 Å². The van der Waals surface area contributed by atoms with Crippen LogP contribution in [0, 0.1) is 13.8 Å². The number of urea groups is 1. The van der Waals surface area contributed by atoms with Gasteiger partial charge in [-0.2, -0.15) is 5.10 Å². The number of nitrogens with one attached hydrogen (secondary N) is 1. The Morgan fingerprint density at radius 3 is 3.00 bits per heavy atom. The summed E-state index contributed by atoms with van der Waals surface area (Å²) < 4.78 is 1.82. The number of aromatic nitrogens is 4. The Morgan fingerprint density at radius 1 is 1.42 bits per heavy atom. The van der Waals surface area contributed by atoms with Crippen LogP contribution in [0.3, 0.4) is 0 Å². The molecule has 3 heterocycles. The quantitative estimate of drug-likeness (QED) is 0.855. The number of carbonyl (C=O) groups is 1. The van der Waals surface area contributed by atoms with Crippen molar-refractivity contribution >= 4 is 22.5 Å². The zero-order valence-corrected chi connectivity index (χ0v) is 11.6. The standard InChI is InChI=1S/C11H14N6OS/c1-7-8(2)19-10(14-7)15-11(18)16-3-4-17-9(5-16)12-6-13-17/h6H,3-5H2,1-2H3,(H,14,15,18). The zero-order valence-electron chi connectivity index (χ0n) is 10.8. The Balaban J connectivity index is 1.68.